The Kier molecular flexibility index (Phi) is 8.20. The van der Waals surface area contributed by atoms with Crippen LogP contribution in [0.15, 0.2) is 41.3 Å². The van der Waals surface area contributed by atoms with Crippen molar-refractivity contribution >= 4 is 27.8 Å². The van der Waals surface area contributed by atoms with Gasteiger partial charge in [0, 0.05) is 6.08 Å². The molecule has 2 N–H and O–H groups in total. The lowest BCUT2D eigenvalue weighted by molar-refractivity contribution is -0.137. The molecule has 0 bridgehead atoms. The van der Waals surface area contributed by atoms with E-state index >= 15 is 0 Å². The summed E-state index contributed by atoms with van der Waals surface area (Å²) in [5.74, 6) is -1.62. The van der Waals surface area contributed by atoms with Gasteiger partial charge in [0.1, 0.15) is 10.6 Å². The van der Waals surface area contributed by atoms with Crippen molar-refractivity contribution in [3.8, 4) is 17.2 Å². The van der Waals surface area contributed by atoms with E-state index in [9.17, 15) is 26.4 Å². The lowest BCUT2D eigenvalue weighted by atomic mass is 10.2. The summed E-state index contributed by atoms with van der Waals surface area (Å²) < 4.78 is 83.9. The molecule has 0 heterocycles. The van der Waals surface area contributed by atoms with E-state index in [1.807, 2.05) is 0 Å². The first-order chi connectivity index (χ1) is 15.4. The summed E-state index contributed by atoms with van der Waals surface area (Å²) in [5.41, 5.74) is -1.36. The smallest absolute Gasteiger partial charge is 0.416 e. The SMILES string of the molecule is CCCOc1ccc(C(F)(F)F)cc1NS(=O)(=O)c1cc(/C=C/C(=O)O)cc(OC)c1OC. The van der Waals surface area contributed by atoms with Gasteiger partial charge in [-0.15, -0.1) is 0 Å². The zero-order chi connectivity index (χ0) is 24.8. The first-order valence-corrected chi connectivity index (χ1v) is 10.9. The Morgan fingerprint density at radius 2 is 1.82 bits per heavy atom. The lowest BCUT2D eigenvalue weighted by Crippen LogP contribution is -2.17. The number of carboxylic acids is 1. The highest BCUT2D eigenvalue weighted by Crippen LogP contribution is 2.39. The molecule has 12 heteroatoms. The van der Waals surface area contributed by atoms with E-state index in [1.54, 1.807) is 6.92 Å². The number of halogens is 3. The van der Waals surface area contributed by atoms with Crippen molar-refractivity contribution in [1.29, 1.82) is 0 Å². The predicted octanol–water partition coefficient (Wildman–Crippen LogP) is 4.41. The number of carboxylic acid groups (broad SMARTS) is 1. The maximum Gasteiger partial charge on any atom is 0.416 e. The van der Waals surface area contributed by atoms with E-state index in [1.165, 1.54) is 20.3 Å². The van der Waals surface area contributed by atoms with Gasteiger partial charge in [0.05, 0.1) is 32.1 Å². The minimum absolute atomic E-state index is 0.0306. The largest absolute Gasteiger partial charge is 0.493 e. The summed E-state index contributed by atoms with van der Waals surface area (Å²) >= 11 is 0. The van der Waals surface area contributed by atoms with E-state index < -0.39 is 38.3 Å². The van der Waals surface area contributed by atoms with Crippen LogP contribution in [0.1, 0.15) is 24.5 Å². The molecule has 2 rings (SSSR count). The molecule has 0 radical (unpaired) electrons. The van der Waals surface area contributed by atoms with Crippen LogP contribution in [-0.4, -0.2) is 40.3 Å². The van der Waals surface area contributed by atoms with Crippen LogP contribution in [0, 0.1) is 0 Å². The van der Waals surface area contributed by atoms with Crippen LogP contribution in [0.5, 0.6) is 17.2 Å². The normalized spacial score (nSPS) is 11.9. The maximum atomic E-state index is 13.2. The molecule has 0 amide bonds. The van der Waals surface area contributed by atoms with Gasteiger partial charge < -0.3 is 19.3 Å². The van der Waals surface area contributed by atoms with Gasteiger partial charge >= 0.3 is 12.1 Å². The van der Waals surface area contributed by atoms with E-state index in [4.69, 9.17) is 19.3 Å². The molecular formula is C21H22F3NO7S. The van der Waals surface area contributed by atoms with Crippen molar-refractivity contribution in [1.82, 2.24) is 0 Å². The van der Waals surface area contributed by atoms with Crippen molar-refractivity contribution in [3.63, 3.8) is 0 Å². The number of benzene rings is 2. The van der Waals surface area contributed by atoms with Crippen molar-refractivity contribution in [2.45, 2.75) is 24.4 Å². The van der Waals surface area contributed by atoms with Crippen molar-refractivity contribution in [2.75, 3.05) is 25.5 Å². The zero-order valence-corrected chi connectivity index (χ0v) is 18.7. The molecule has 0 spiro atoms. The number of carbonyl (C=O) groups is 1. The van der Waals surface area contributed by atoms with Gasteiger partial charge in [-0.25, -0.2) is 13.2 Å². The van der Waals surface area contributed by atoms with Crippen molar-refractivity contribution < 1.29 is 45.7 Å². The quantitative estimate of drug-likeness (QED) is 0.476. The number of ether oxygens (including phenoxy) is 3. The van der Waals surface area contributed by atoms with E-state index in [0.29, 0.717) is 12.5 Å². The molecule has 0 saturated heterocycles. The van der Waals surface area contributed by atoms with Crippen LogP contribution in [0.4, 0.5) is 18.9 Å². The third-order valence-electron chi connectivity index (χ3n) is 4.19. The maximum absolute atomic E-state index is 13.2. The number of aliphatic carboxylic acids is 1. The minimum Gasteiger partial charge on any atom is -0.493 e. The monoisotopic (exact) mass is 489 g/mol. The highest BCUT2D eigenvalue weighted by atomic mass is 32.2. The Labute approximate surface area is 188 Å². The topological polar surface area (TPSA) is 111 Å². The van der Waals surface area contributed by atoms with Crippen LogP contribution in [-0.2, 0) is 21.0 Å². The number of nitrogens with one attached hydrogen (secondary N) is 1. The summed E-state index contributed by atoms with van der Waals surface area (Å²) in [5, 5.41) is 8.84. The first kappa shape index (κ1) is 25.8. The number of rotatable bonds is 10. The Bertz CT molecular complexity index is 1150. The molecule has 2 aromatic rings. The molecule has 0 unspecified atom stereocenters. The lowest BCUT2D eigenvalue weighted by Gasteiger charge is -2.18. The predicted molar refractivity (Wildman–Crippen MR) is 114 cm³/mol. The second-order valence-corrected chi connectivity index (χ2v) is 8.24. The molecule has 0 aliphatic heterocycles. The molecule has 0 saturated carbocycles. The summed E-state index contributed by atoms with van der Waals surface area (Å²) in [7, 11) is -2.11. The molecule has 2 aromatic carbocycles. The highest BCUT2D eigenvalue weighted by molar-refractivity contribution is 7.92. The van der Waals surface area contributed by atoms with Crippen LogP contribution < -0.4 is 18.9 Å². The number of sulfonamides is 1. The van der Waals surface area contributed by atoms with Crippen LogP contribution in [0.2, 0.25) is 0 Å². The summed E-state index contributed by atoms with van der Waals surface area (Å²) in [6.07, 6.45) is -2.26. The number of anilines is 1. The van der Waals surface area contributed by atoms with Gasteiger partial charge in [-0.2, -0.15) is 13.2 Å². The molecule has 8 nitrogen and oxygen atoms in total. The van der Waals surface area contributed by atoms with E-state index in [2.05, 4.69) is 4.72 Å². The van der Waals surface area contributed by atoms with Crippen LogP contribution in [0.25, 0.3) is 6.08 Å². The number of hydrogen-bond donors (Lipinski definition) is 2. The van der Waals surface area contributed by atoms with Gasteiger partial charge in [0.25, 0.3) is 10.0 Å². The van der Waals surface area contributed by atoms with Gasteiger partial charge in [0.15, 0.2) is 11.5 Å². The second-order valence-electron chi connectivity index (χ2n) is 6.59. The van der Waals surface area contributed by atoms with E-state index in [-0.39, 0.29) is 29.4 Å². The number of hydrogen-bond acceptors (Lipinski definition) is 6. The third kappa shape index (κ3) is 6.54. The average molecular weight is 489 g/mol. The number of alkyl halides is 3. The first-order valence-electron chi connectivity index (χ1n) is 9.46. The molecule has 0 aliphatic rings. The van der Waals surface area contributed by atoms with Gasteiger partial charge in [-0.1, -0.05) is 6.92 Å². The Balaban J connectivity index is 2.64. The molecule has 0 fully saturated rings. The second kappa shape index (κ2) is 10.5. The van der Waals surface area contributed by atoms with Crippen LogP contribution in [0.3, 0.4) is 0 Å². The van der Waals surface area contributed by atoms with Gasteiger partial charge in [0.2, 0.25) is 0 Å². The minimum atomic E-state index is -4.72. The van der Waals surface area contributed by atoms with E-state index in [0.717, 1.165) is 30.4 Å². The van der Waals surface area contributed by atoms with Gasteiger partial charge in [-0.05, 0) is 48.4 Å². The van der Waals surface area contributed by atoms with Crippen LogP contribution >= 0.6 is 0 Å². The molecule has 180 valence electrons. The van der Waals surface area contributed by atoms with Crippen molar-refractivity contribution in [3.05, 3.63) is 47.5 Å². The molecule has 0 aromatic heterocycles. The molecule has 0 atom stereocenters. The fourth-order valence-electron chi connectivity index (χ4n) is 2.74. The zero-order valence-electron chi connectivity index (χ0n) is 17.9. The fraction of sp³-hybridized carbons (Fsp3) is 0.286. The van der Waals surface area contributed by atoms with Crippen molar-refractivity contribution in [2.24, 2.45) is 0 Å². The Morgan fingerprint density at radius 3 is 2.36 bits per heavy atom. The summed E-state index contributed by atoms with van der Waals surface area (Å²) in [6, 6.07) is 4.88. The summed E-state index contributed by atoms with van der Waals surface area (Å²) in [4.78, 5) is 10.4. The Morgan fingerprint density at radius 1 is 1.12 bits per heavy atom. The standard InChI is InChI=1S/C21H22F3NO7S/c1-4-9-32-16-7-6-14(21(22,23)24)12-15(16)25-33(28,29)18-11-13(5-8-19(26)27)10-17(30-2)20(18)31-3/h5-8,10-12,25H,4,9H2,1-3H3,(H,26,27)/b8-5+. The summed E-state index contributed by atoms with van der Waals surface area (Å²) in [6.45, 7) is 1.92. The average Bonchev–Trinajstić information content (AvgIpc) is 2.75. The molecule has 33 heavy (non-hydrogen) atoms. The third-order valence-corrected chi connectivity index (χ3v) is 5.56. The van der Waals surface area contributed by atoms with Gasteiger partial charge in [-0.3, -0.25) is 4.72 Å². The molecular weight excluding hydrogens is 467 g/mol. The highest BCUT2D eigenvalue weighted by Gasteiger charge is 2.32. The number of methoxy groups -OCH3 is 2. The molecule has 0 aliphatic carbocycles. The fourth-order valence-corrected chi connectivity index (χ4v) is 4.02. The Hall–Kier alpha value is -3.41.